The topological polar surface area (TPSA) is 46.2 Å². The summed E-state index contributed by atoms with van der Waals surface area (Å²) in [6.07, 6.45) is 5.78. The monoisotopic (exact) mass is 383 g/mol. The van der Waals surface area contributed by atoms with E-state index in [0.717, 1.165) is 29.8 Å². The lowest BCUT2D eigenvalue weighted by atomic mass is 9.92. The molecule has 5 heteroatoms. The highest BCUT2D eigenvalue weighted by molar-refractivity contribution is 5.36. The van der Waals surface area contributed by atoms with E-state index < -0.39 is 0 Å². The zero-order chi connectivity index (χ0) is 20.3. The molecule has 1 aromatic heterocycles. The van der Waals surface area contributed by atoms with Crippen LogP contribution in [0.25, 0.3) is 0 Å². The first kappa shape index (κ1) is 20.2. The van der Waals surface area contributed by atoms with Crippen molar-refractivity contribution in [1.82, 2.24) is 15.6 Å². The summed E-state index contributed by atoms with van der Waals surface area (Å²) in [7, 11) is 0. The van der Waals surface area contributed by atoms with E-state index in [1.165, 1.54) is 0 Å². The van der Waals surface area contributed by atoms with Gasteiger partial charge < -0.3 is 15.4 Å². The van der Waals surface area contributed by atoms with Crippen LogP contribution in [0.3, 0.4) is 0 Å². The Kier molecular flexibility index (Phi) is 5.92. The van der Waals surface area contributed by atoms with Crippen LogP contribution in [0.2, 0.25) is 0 Å². The van der Waals surface area contributed by atoms with Crippen LogP contribution >= 0.6 is 0 Å². The minimum absolute atomic E-state index is 0.0145. The molecule has 0 radical (unpaired) electrons. The second-order valence-corrected chi connectivity index (χ2v) is 8.43. The molecule has 4 nitrogen and oxygen atoms in total. The van der Waals surface area contributed by atoms with Crippen LogP contribution in [0.4, 0.5) is 4.39 Å². The lowest BCUT2D eigenvalue weighted by molar-refractivity contribution is 0.437. The van der Waals surface area contributed by atoms with Gasteiger partial charge >= 0.3 is 0 Å². The molecule has 2 aromatic rings. The van der Waals surface area contributed by atoms with Crippen molar-refractivity contribution in [3.8, 4) is 11.5 Å². The summed E-state index contributed by atoms with van der Waals surface area (Å²) in [4.78, 5) is 4.38. The Balaban J connectivity index is 1.69. The van der Waals surface area contributed by atoms with Gasteiger partial charge in [-0.2, -0.15) is 0 Å². The fourth-order valence-corrected chi connectivity index (χ4v) is 3.21. The third-order valence-corrected chi connectivity index (χ3v) is 5.04. The van der Waals surface area contributed by atoms with Crippen molar-refractivity contribution >= 4 is 0 Å². The molecule has 0 saturated carbocycles. The largest absolute Gasteiger partial charge is 0.454 e. The summed E-state index contributed by atoms with van der Waals surface area (Å²) >= 11 is 0. The molecule has 1 aliphatic heterocycles. The van der Waals surface area contributed by atoms with Crippen LogP contribution in [0.1, 0.15) is 64.8 Å². The third-order valence-electron chi connectivity index (χ3n) is 5.04. The number of rotatable bonds is 6. The number of benzene rings is 1. The van der Waals surface area contributed by atoms with Crippen molar-refractivity contribution in [3.05, 3.63) is 65.5 Å². The SMILES string of the molecule is CC[C@H]1CC(NC(C)c2ccc(Oc3ccnc(C(C)(C)C)c3)c(F)c2)=CN1. The highest BCUT2D eigenvalue weighted by Crippen LogP contribution is 2.30. The van der Waals surface area contributed by atoms with Gasteiger partial charge in [0, 0.05) is 53.8 Å². The Labute approximate surface area is 167 Å². The molecule has 1 aromatic carbocycles. The number of halogens is 1. The van der Waals surface area contributed by atoms with E-state index in [9.17, 15) is 4.39 Å². The van der Waals surface area contributed by atoms with Gasteiger partial charge in [0.25, 0.3) is 0 Å². The zero-order valence-electron chi connectivity index (χ0n) is 17.3. The molecular formula is C23H30FN3O. The first-order chi connectivity index (χ1) is 13.3. The average Bonchev–Trinajstić information content (AvgIpc) is 3.10. The lowest BCUT2D eigenvalue weighted by Gasteiger charge is -2.19. The molecule has 2 heterocycles. The van der Waals surface area contributed by atoms with Crippen molar-refractivity contribution < 1.29 is 9.13 Å². The highest BCUT2D eigenvalue weighted by Gasteiger charge is 2.18. The van der Waals surface area contributed by atoms with Crippen LogP contribution in [0.15, 0.2) is 48.4 Å². The molecule has 2 atom stereocenters. The molecule has 3 rings (SSSR count). The number of hydrogen-bond donors (Lipinski definition) is 2. The van der Waals surface area contributed by atoms with E-state index >= 15 is 0 Å². The van der Waals surface area contributed by atoms with Crippen molar-refractivity contribution in [1.29, 1.82) is 0 Å². The molecule has 0 aliphatic carbocycles. The van der Waals surface area contributed by atoms with E-state index in [0.29, 0.717) is 11.8 Å². The molecule has 0 spiro atoms. The number of ether oxygens (including phenoxy) is 1. The maximum Gasteiger partial charge on any atom is 0.166 e. The van der Waals surface area contributed by atoms with Crippen molar-refractivity contribution in [3.63, 3.8) is 0 Å². The van der Waals surface area contributed by atoms with Crippen LogP contribution < -0.4 is 15.4 Å². The van der Waals surface area contributed by atoms with Gasteiger partial charge in [-0.1, -0.05) is 33.8 Å². The summed E-state index contributed by atoms with van der Waals surface area (Å²) in [6, 6.07) is 9.25. The predicted octanol–water partition coefficient (Wildman–Crippen LogP) is 5.57. The summed E-state index contributed by atoms with van der Waals surface area (Å²) in [6.45, 7) is 10.5. The van der Waals surface area contributed by atoms with Gasteiger partial charge in [0.05, 0.1) is 0 Å². The van der Waals surface area contributed by atoms with Gasteiger partial charge in [0.15, 0.2) is 11.6 Å². The first-order valence-corrected chi connectivity index (χ1v) is 9.91. The molecule has 150 valence electrons. The lowest BCUT2D eigenvalue weighted by Crippen LogP contribution is -2.20. The average molecular weight is 384 g/mol. The molecular weight excluding hydrogens is 353 g/mol. The quantitative estimate of drug-likeness (QED) is 0.684. The number of hydrogen-bond acceptors (Lipinski definition) is 4. The molecule has 2 N–H and O–H groups in total. The summed E-state index contributed by atoms with van der Waals surface area (Å²) in [5.74, 6) is 0.436. The van der Waals surface area contributed by atoms with Crippen molar-refractivity contribution in [2.45, 2.75) is 65.0 Å². The molecule has 1 aliphatic rings. The Morgan fingerprint density at radius 3 is 2.71 bits per heavy atom. The van der Waals surface area contributed by atoms with Crippen LogP contribution in [0.5, 0.6) is 11.5 Å². The zero-order valence-corrected chi connectivity index (χ0v) is 17.3. The summed E-state index contributed by atoms with van der Waals surface area (Å²) < 4.78 is 20.5. The Morgan fingerprint density at radius 2 is 2.07 bits per heavy atom. The molecule has 0 fully saturated rings. The normalized spacial score (nSPS) is 17.6. The minimum atomic E-state index is -0.370. The molecule has 1 unspecified atom stereocenters. The van der Waals surface area contributed by atoms with Crippen LogP contribution in [-0.2, 0) is 5.41 Å². The van der Waals surface area contributed by atoms with Crippen molar-refractivity contribution in [2.75, 3.05) is 0 Å². The first-order valence-electron chi connectivity index (χ1n) is 9.91. The fraction of sp³-hybridized carbons (Fsp3) is 0.435. The second-order valence-electron chi connectivity index (χ2n) is 8.43. The number of pyridine rings is 1. The van der Waals surface area contributed by atoms with Gasteiger partial charge in [-0.15, -0.1) is 0 Å². The Morgan fingerprint density at radius 1 is 1.29 bits per heavy atom. The standard InChI is InChI=1S/C23H30FN3O/c1-6-17-12-18(14-26-17)27-15(2)16-7-8-21(20(24)11-16)28-19-9-10-25-22(13-19)23(3,4)5/h7-11,13-15,17,26-27H,6,12H2,1-5H3/t15?,17-/m0/s1. The van der Waals surface area contributed by atoms with Crippen LogP contribution in [-0.4, -0.2) is 11.0 Å². The second kappa shape index (κ2) is 8.21. The number of nitrogens with one attached hydrogen (secondary N) is 2. The summed E-state index contributed by atoms with van der Waals surface area (Å²) in [5.41, 5.74) is 2.86. The Bertz CT molecular complexity index is 857. The maximum absolute atomic E-state index is 14.7. The van der Waals surface area contributed by atoms with Crippen LogP contribution in [0, 0.1) is 5.82 Å². The van der Waals surface area contributed by atoms with Gasteiger partial charge in [-0.05, 0) is 37.1 Å². The van der Waals surface area contributed by atoms with E-state index in [2.05, 4.69) is 43.3 Å². The molecule has 0 amide bonds. The van der Waals surface area contributed by atoms with E-state index in [4.69, 9.17) is 4.74 Å². The van der Waals surface area contributed by atoms with Gasteiger partial charge in [0.1, 0.15) is 5.75 Å². The number of aromatic nitrogens is 1. The maximum atomic E-state index is 14.7. The van der Waals surface area contributed by atoms with Gasteiger partial charge in [-0.3, -0.25) is 4.98 Å². The predicted molar refractivity (Wildman–Crippen MR) is 111 cm³/mol. The van der Waals surface area contributed by atoms with Gasteiger partial charge in [-0.25, -0.2) is 4.39 Å². The van der Waals surface area contributed by atoms with E-state index in [1.807, 2.05) is 25.3 Å². The molecule has 0 saturated heterocycles. The minimum Gasteiger partial charge on any atom is -0.454 e. The van der Waals surface area contributed by atoms with Gasteiger partial charge in [0.2, 0.25) is 0 Å². The Hall–Kier alpha value is -2.56. The molecule has 28 heavy (non-hydrogen) atoms. The fourth-order valence-electron chi connectivity index (χ4n) is 3.21. The molecule has 0 bridgehead atoms. The number of nitrogens with zero attached hydrogens (tertiary/aromatic N) is 1. The summed E-state index contributed by atoms with van der Waals surface area (Å²) in [5, 5.41) is 6.82. The van der Waals surface area contributed by atoms with E-state index in [-0.39, 0.29) is 23.0 Å². The third kappa shape index (κ3) is 4.83. The smallest absolute Gasteiger partial charge is 0.166 e. The highest BCUT2D eigenvalue weighted by atomic mass is 19.1. The van der Waals surface area contributed by atoms with E-state index in [1.54, 1.807) is 24.4 Å². The van der Waals surface area contributed by atoms with Crippen molar-refractivity contribution in [2.24, 2.45) is 0 Å².